The molecule has 12 heteroatoms. The van der Waals surface area contributed by atoms with Crippen molar-refractivity contribution in [2.24, 2.45) is 0 Å². The molecule has 0 saturated carbocycles. The number of benzene rings is 1. The van der Waals surface area contributed by atoms with E-state index in [-0.39, 0.29) is 5.56 Å². The fraction of sp³-hybridized carbons (Fsp3) is 0.250. The van der Waals surface area contributed by atoms with Crippen LogP contribution in [-0.2, 0) is 9.59 Å². The van der Waals surface area contributed by atoms with Gasteiger partial charge < -0.3 is 10.6 Å². The van der Waals surface area contributed by atoms with Crippen LogP contribution in [0.15, 0.2) is 30.5 Å². The second kappa shape index (κ2) is 10.7. The van der Waals surface area contributed by atoms with Gasteiger partial charge in [-0.05, 0) is 49.0 Å². The van der Waals surface area contributed by atoms with Gasteiger partial charge in [-0.2, -0.15) is 10.3 Å². The molecule has 0 spiro atoms. The Morgan fingerprint density at radius 3 is 2.34 bits per heavy atom. The standard InChI is InChI=1S/C20H18F2N6O4/c1-12(29)25-20(2,19(21)22)16(18(31)27-32)24-17(30)14-9-7-13(8-10-14)5-3-4-6-15-11-23-28-26-15/h7-11,16,19,32H,1-2H3,(H,24,30)(H,25,29)(H,27,31)(H,23,26,28). The van der Waals surface area contributed by atoms with Gasteiger partial charge in [-0.25, -0.2) is 14.3 Å². The smallest absolute Gasteiger partial charge is 0.268 e. The van der Waals surface area contributed by atoms with Crippen LogP contribution in [0.1, 0.15) is 35.5 Å². The SMILES string of the molecule is CC(=O)NC(C)(C(F)F)C(NC(=O)c1ccc(C#CC#Cc2cn[nH]n2)cc1)C(=O)NO. The molecular weight excluding hydrogens is 426 g/mol. The maximum absolute atomic E-state index is 13.7. The predicted molar refractivity (Wildman–Crippen MR) is 106 cm³/mol. The molecule has 1 aromatic heterocycles. The van der Waals surface area contributed by atoms with E-state index in [0.717, 1.165) is 13.8 Å². The predicted octanol–water partition coefficient (Wildman–Crippen LogP) is -0.0284. The molecule has 0 fully saturated rings. The van der Waals surface area contributed by atoms with Crippen molar-refractivity contribution in [3.8, 4) is 23.7 Å². The number of H-pyrrole nitrogens is 1. The van der Waals surface area contributed by atoms with Gasteiger partial charge >= 0.3 is 0 Å². The van der Waals surface area contributed by atoms with Gasteiger partial charge in [-0.3, -0.25) is 19.6 Å². The Kier molecular flexibility index (Phi) is 7.98. The summed E-state index contributed by atoms with van der Waals surface area (Å²) in [6.45, 7) is 1.85. The topological polar surface area (TPSA) is 149 Å². The van der Waals surface area contributed by atoms with Crippen LogP contribution >= 0.6 is 0 Å². The third kappa shape index (κ3) is 6.10. The molecule has 2 rings (SSSR count). The molecular formula is C20H18F2N6O4. The summed E-state index contributed by atoms with van der Waals surface area (Å²) < 4.78 is 27.3. The zero-order valence-corrected chi connectivity index (χ0v) is 16.9. The highest BCUT2D eigenvalue weighted by atomic mass is 19.3. The Bertz CT molecular complexity index is 1100. The molecule has 32 heavy (non-hydrogen) atoms. The number of amides is 3. The molecule has 0 bridgehead atoms. The maximum Gasteiger partial charge on any atom is 0.268 e. The lowest BCUT2D eigenvalue weighted by atomic mass is 9.91. The average Bonchev–Trinajstić information content (AvgIpc) is 3.27. The van der Waals surface area contributed by atoms with Gasteiger partial charge in [-0.1, -0.05) is 5.92 Å². The molecule has 10 nitrogen and oxygen atoms in total. The number of hydrogen-bond acceptors (Lipinski definition) is 6. The van der Waals surface area contributed by atoms with Crippen molar-refractivity contribution in [2.75, 3.05) is 0 Å². The number of rotatable bonds is 6. The first-order valence-electron chi connectivity index (χ1n) is 8.97. The van der Waals surface area contributed by atoms with E-state index >= 15 is 0 Å². The first-order valence-corrected chi connectivity index (χ1v) is 8.97. The summed E-state index contributed by atoms with van der Waals surface area (Å²) in [6, 6.07) is 3.71. The first-order chi connectivity index (χ1) is 15.2. The van der Waals surface area contributed by atoms with E-state index in [0.29, 0.717) is 11.3 Å². The fourth-order valence-corrected chi connectivity index (χ4v) is 2.56. The van der Waals surface area contributed by atoms with Crippen LogP contribution in [0.25, 0.3) is 0 Å². The summed E-state index contributed by atoms with van der Waals surface area (Å²) in [5.41, 5.74) is -0.303. The molecule has 0 aliphatic rings. The monoisotopic (exact) mass is 444 g/mol. The fourth-order valence-electron chi connectivity index (χ4n) is 2.56. The molecule has 0 aliphatic carbocycles. The minimum atomic E-state index is -3.25. The van der Waals surface area contributed by atoms with Gasteiger partial charge in [0.2, 0.25) is 5.91 Å². The number of aromatic amines is 1. The Labute approximate surface area is 181 Å². The van der Waals surface area contributed by atoms with Gasteiger partial charge in [0.15, 0.2) is 5.69 Å². The number of alkyl halides is 2. The minimum Gasteiger partial charge on any atom is -0.343 e. The van der Waals surface area contributed by atoms with Gasteiger partial charge in [0.25, 0.3) is 18.2 Å². The third-order valence-corrected chi connectivity index (χ3v) is 4.17. The Morgan fingerprint density at radius 2 is 1.81 bits per heavy atom. The second-order valence-corrected chi connectivity index (χ2v) is 6.58. The molecule has 5 N–H and O–H groups in total. The van der Waals surface area contributed by atoms with E-state index in [1.165, 1.54) is 35.9 Å². The van der Waals surface area contributed by atoms with Crippen molar-refractivity contribution >= 4 is 17.7 Å². The van der Waals surface area contributed by atoms with Gasteiger partial charge in [-0.15, -0.1) is 5.10 Å². The van der Waals surface area contributed by atoms with Gasteiger partial charge in [0.1, 0.15) is 11.6 Å². The summed E-state index contributed by atoms with van der Waals surface area (Å²) in [7, 11) is 0. The van der Waals surface area contributed by atoms with Crippen LogP contribution < -0.4 is 16.1 Å². The lowest BCUT2D eigenvalue weighted by molar-refractivity contribution is -0.137. The lowest BCUT2D eigenvalue weighted by Crippen LogP contribution is -2.68. The Morgan fingerprint density at radius 1 is 1.16 bits per heavy atom. The quantitative estimate of drug-likeness (QED) is 0.240. The first kappa shape index (κ1) is 24.0. The van der Waals surface area contributed by atoms with Crippen molar-refractivity contribution in [3.05, 3.63) is 47.3 Å². The van der Waals surface area contributed by atoms with E-state index in [4.69, 9.17) is 5.21 Å². The van der Waals surface area contributed by atoms with Crippen LogP contribution in [0.2, 0.25) is 0 Å². The number of nitrogens with zero attached hydrogens (tertiary/aromatic N) is 2. The summed E-state index contributed by atoms with van der Waals surface area (Å²) in [5.74, 6) is 7.50. The number of halogens is 2. The molecule has 2 unspecified atom stereocenters. The van der Waals surface area contributed by atoms with Crippen molar-refractivity contribution in [2.45, 2.75) is 31.9 Å². The third-order valence-electron chi connectivity index (χ3n) is 4.17. The average molecular weight is 444 g/mol. The number of nitrogens with one attached hydrogen (secondary N) is 4. The number of hydroxylamine groups is 1. The Balaban J connectivity index is 2.18. The maximum atomic E-state index is 13.7. The normalized spacial score (nSPS) is 12.8. The zero-order valence-electron chi connectivity index (χ0n) is 16.9. The highest BCUT2D eigenvalue weighted by molar-refractivity contribution is 5.98. The van der Waals surface area contributed by atoms with E-state index in [1.807, 2.05) is 5.32 Å². The molecule has 2 aromatic rings. The number of aromatic nitrogens is 3. The summed E-state index contributed by atoms with van der Waals surface area (Å²) in [4.78, 5) is 35.9. The van der Waals surface area contributed by atoms with Crippen LogP contribution in [-0.4, -0.2) is 56.3 Å². The van der Waals surface area contributed by atoms with Crippen LogP contribution in [0.4, 0.5) is 8.78 Å². The molecule has 166 valence electrons. The van der Waals surface area contributed by atoms with E-state index in [1.54, 1.807) is 0 Å². The summed E-state index contributed by atoms with van der Waals surface area (Å²) in [5, 5.41) is 22.7. The van der Waals surface area contributed by atoms with Gasteiger partial charge in [0, 0.05) is 18.1 Å². The largest absolute Gasteiger partial charge is 0.343 e. The van der Waals surface area contributed by atoms with Gasteiger partial charge in [0.05, 0.1) is 6.20 Å². The zero-order chi connectivity index (χ0) is 23.7. The minimum absolute atomic E-state index is 0.0272. The van der Waals surface area contributed by atoms with Crippen LogP contribution in [0, 0.1) is 23.7 Å². The van der Waals surface area contributed by atoms with Crippen molar-refractivity contribution in [1.29, 1.82) is 0 Å². The summed E-state index contributed by atoms with van der Waals surface area (Å²) in [6.07, 6.45) is -1.82. The van der Waals surface area contributed by atoms with Crippen molar-refractivity contribution in [1.82, 2.24) is 31.5 Å². The van der Waals surface area contributed by atoms with E-state index < -0.39 is 35.7 Å². The number of carbonyl (C=O) groups is 3. The molecule has 0 radical (unpaired) electrons. The number of hydrogen-bond donors (Lipinski definition) is 5. The second-order valence-electron chi connectivity index (χ2n) is 6.58. The molecule has 2 atom stereocenters. The molecule has 3 amide bonds. The van der Waals surface area contributed by atoms with E-state index in [2.05, 4.69) is 44.4 Å². The van der Waals surface area contributed by atoms with Crippen molar-refractivity contribution in [3.63, 3.8) is 0 Å². The molecule has 0 saturated heterocycles. The summed E-state index contributed by atoms with van der Waals surface area (Å²) >= 11 is 0. The van der Waals surface area contributed by atoms with Crippen LogP contribution in [0.5, 0.6) is 0 Å². The number of carbonyl (C=O) groups excluding carboxylic acids is 3. The highest BCUT2D eigenvalue weighted by Gasteiger charge is 2.48. The lowest BCUT2D eigenvalue weighted by Gasteiger charge is -2.36. The highest BCUT2D eigenvalue weighted by Crippen LogP contribution is 2.21. The van der Waals surface area contributed by atoms with E-state index in [9.17, 15) is 23.2 Å². The molecule has 0 aliphatic heterocycles. The van der Waals surface area contributed by atoms with Crippen molar-refractivity contribution < 1.29 is 28.4 Å². The molecule has 1 heterocycles. The van der Waals surface area contributed by atoms with Crippen LogP contribution in [0.3, 0.4) is 0 Å². The molecule has 1 aromatic carbocycles. The Hall–Kier alpha value is -4.29.